The number of nitrogens with one attached hydrogen (secondary N) is 2. The van der Waals surface area contributed by atoms with Crippen LogP contribution >= 0.6 is 22.7 Å². The molecule has 0 atom stereocenters. The second-order valence-electron chi connectivity index (χ2n) is 8.05. The molecule has 11 nitrogen and oxygen atoms in total. The molecule has 0 aliphatic carbocycles. The van der Waals surface area contributed by atoms with Gasteiger partial charge in [-0.15, -0.1) is 22.7 Å². The third kappa shape index (κ3) is 5.81. The van der Waals surface area contributed by atoms with Crippen molar-refractivity contribution in [2.45, 2.75) is 27.3 Å². The first-order valence-corrected chi connectivity index (χ1v) is 12.7. The molecule has 0 aliphatic rings. The summed E-state index contributed by atoms with van der Waals surface area (Å²) in [7, 11) is 5.20. The van der Waals surface area contributed by atoms with Crippen LogP contribution in [0.1, 0.15) is 53.6 Å². The molecule has 2 N–H and O–H groups in total. The van der Waals surface area contributed by atoms with Crippen LogP contribution in [0.5, 0.6) is 0 Å². The normalized spacial score (nSPS) is 11.2. The lowest BCUT2D eigenvalue weighted by atomic mass is 10.1. The summed E-state index contributed by atoms with van der Waals surface area (Å²) in [6.45, 7) is 5.74. The number of methoxy groups -OCH3 is 1. The number of aromatic nitrogens is 2. The SMILES string of the molecule is CCOC(=O)c1c(NC(=O)c2sc3nc(CN(C)C)[nH]c(=O)c3c2C)sc(C(=O)OCCOC)c1C. The van der Waals surface area contributed by atoms with Crippen molar-refractivity contribution in [2.24, 2.45) is 0 Å². The van der Waals surface area contributed by atoms with Crippen LogP contribution in [0.25, 0.3) is 10.2 Å². The highest BCUT2D eigenvalue weighted by Crippen LogP contribution is 2.36. The molecule has 0 spiro atoms. The molecule has 36 heavy (non-hydrogen) atoms. The summed E-state index contributed by atoms with van der Waals surface area (Å²) in [5.74, 6) is -1.35. The van der Waals surface area contributed by atoms with Crippen LogP contribution in [-0.4, -0.2) is 73.7 Å². The first kappa shape index (κ1) is 27.5. The fourth-order valence-corrected chi connectivity index (χ4v) is 5.65. The highest BCUT2D eigenvalue weighted by molar-refractivity contribution is 7.21. The average molecular weight is 537 g/mol. The van der Waals surface area contributed by atoms with E-state index in [1.807, 2.05) is 19.0 Å². The van der Waals surface area contributed by atoms with E-state index in [1.165, 1.54) is 7.11 Å². The zero-order valence-electron chi connectivity index (χ0n) is 20.9. The molecular weight excluding hydrogens is 508 g/mol. The van der Waals surface area contributed by atoms with Crippen molar-refractivity contribution in [1.82, 2.24) is 14.9 Å². The molecule has 0 aromatic carbocycles. The summed E-state index contributed by atoms with van der Waals surface area (Å²) in [5, 5.41) is 3.22. The van der Waals surface area contributed by atoms with E-state index >= 15 is 0 Å². The van der Waals surface area contributed by atoms with Gasteiger partial charge in [-0.25, -0.2) is 14.6 Å². The maximum Gasteiger partial charge on any atom is 0.348 e. The predicted molar refractivity (Wildman–Crippen MR) is 137 cm³/mol. The standard InChI is InChI=1S/C23H28N4O7S2/c1-7-33-22(30)15-12(3)17(23(31)34-9-8-32-6)36-21(15)26-19(29)16-11(2)14-18(28)24-13(10-27(4)5)25-20(14)35-16/h7-10H2,1-6H3,(H,26,29)(H,24,25,28). The number of aromatic amines is 1. The van der Waals surface area contributed by atoms with Crippen LogP contribution in [0.15, 0.2) is 4.79 Å². The number of aryl methyl sites for hydroxylation is 1. The van der Waals surface area contributed by atoms with E-state index in [0.717, 1.165) is 22.7 Å². The maximum atomic E-state index is 13.3. The Kier molecular flexibility index (Phi) is 8.95. The van der Waals surface area contributed by atoms with E-state index in [1.54, 1.807) is 20.8 Å². The minimum absolute atomic E-state index is 0.0431. The number of carbonyl (C=O) groups is 3. The number of hydrogen-bond donors (Lipinski definition) is 2. The van der Waals surface area contributed by atoms with Crippen LogP contribution in [0.4, 0.5) is 5.00 Å². The van der Waals surface area contributed by atoms with Crippen molar-refractivity contribution < 1.29 is 28.6 Å². The molecule has 0 bridgehead atoms. The Balaban J connectivity index is 1.99. The van der Waals surface area contributed by atoms with Gasteiger partial charge in [-0.05, 0) is 46.0 Å². The predicted octanol–water partition coefficient (Wildman–Crippen LogP) is 2.96. The first-order chi connectivity index (χ1) is 17.1. The zero-order valence-corrected chi connectivity index (χ0v) is 22.5. The lowest BCUT2D eigenvalue weighted by molar-refractivity contribution is 0.0392. The summed E-state index contributed by atoms with van der Waals surface area (Å²) in [5.41, 5.74) is 0.570. The summed E-state index contributed by atoms with van der Waals surface area (Å²) in [4.78, 5) is 61.2. The third-order valence-corrected chi connectivity index (χ3v) is 7.45. The molecule has 0 saturated carbocycles. The summed E-state index contributed by atoms with van der Waals surface area (Å²) >= 11 is 2.01. The lowest BCUT2D eigenvalue weighted by Crippen LogP contribution is -2.18. The number of amides is 1. The molecule has 13 heteroatoms. The Hall–Kier alpha value is -3.13. The number of thiophene rings is 2. The van der Waals surface area contributed by atoms with Crippen LogP contribution in [0.2, 0.25) is 0 Å². The van der Waals surface area contributed by atoms with E-state index in [4.69, 9.17) is 14.2 Å². The Morgan fingerprint density at radius 3 is 2.39 bits per heavy atom. The maximum absolute atomic E-state index is 13.3. The van der Waals surface area contributed by atoms with Gasteiger partial charge in [0.05, 0.1) is 35.6 Å². The van der Waals surface area contributed by atoms with Gasteiger partial charge < -0.3 is 29.4 Å². The minimum atomic E-state index is -0.669. The van der Waals surface area contributed by atoms with Gasteiger partial charge in [0.1, 0.15) is 27.1 Å². The minimum Gasteiger partial charge on any atom is -0.462 e. The van der Waals surface area contributed by atoms with Gasteiger partial charge in [0.2, 0.25) is 0 Å². The number of esters is 2. The van der Waals surface area contributed by atoms with Crippen molar-refractivity contribution in [2.75, 3.05) is 46.3 Å². The van der Waals surface area contributed by atoms with Crippen molar-refractivity contribution in [3.63, 3.8) is 0 Å². The summed E-state index contributed by atoms with van der Waals surface area (Å²) < 4.78 is 15.2. The molecule has 0 fully saturated rings. The van der Waals surface area contributed by atoms with Gasteiger partial charge in [0.15, 0.2) is 0 Å². The van der Waals surface area contributed by atoms with Crippen LogP contribution < -0.4 is 10.9 Å². The molecule has 194 valence electrons. The van der Waals surface area contributed by atoms with Gasteiger partial charge in [0.25, 0.3) is 11.5 Å². The average Bonchev–Trinajstić information content (AvgIpc) is 3.30. The number of rotatable bonds is 10. The van der Waals surface area contributed by atoms with Gasteiger partial charge in [0, 0.05) is 7.11 Å². The smallest absolute Gasteiger partial charge is 0.348 e. The molecule has 0 radical (unpaired) electrons. The monoisotopic (exact) mass is 536 g/mol. The molecule has 0 saturated heterocycles. The molecule has 3 rings (SSSR count). The Morgan fingerprint density at radius 1 is 1.03 bits per heavy atom. The molecular formula is C23H28N4O7S2. The van der Waals surface area contributed by atoms with Crippen molar-refractivity contribution in [3.05, 3.63) is 42.6 Å². The van der Waals surface area contributed by atoms with Crippen LogP contribution in [-0.2, 0) is 20.8 Å². The molecule has 3 heterocycles. The number of H-pyrrole nitrogens is 1. The van der Waals surface area contributed by atoms with Gasteiger partial charge in [-0.1, -0.05) is 0 Å². The van der Waals surface area contributed by atoms with Gasteiger partial charge in [-0.2, -0.15) is 0 Å². The highest BCUT2D eigenvalue weighted by atomic mass is 32.1. The molecule has 0 unspecified atom stereocenters. The topological polar surface area (TPSA) is 140 Å². The summed E-state index contributed by atoms with van der Waals surface area (Å²) in [6.07, 6.45) is 0. The summed E-state index contributed by atoms with van der Waals surface area (Å²) in [6, 6.07) is 0. The van der Waals surface area contributed by atoms with Gasteiger partial charge >= 0.3 is 11.9 Å². The second kappa shape index (κ2) is 11.7. The van der Waals surface area contributed by atoms with Crippen molar-refractivity contribution >= 4 is 55.7 Å². The Morgan fingerprint density at radius 2 is 1.75 bits per heavy atom. The fraction of sp³-hybridized carbons (Fsp3) is 0.435. The second-order valence-corrected chi connectivity index (χ2v) is 10.1. The number of hydrogen-bond acceptors (Lipinski definition) is 11. The third-order valence-electron chi connectivity index (χ3n) is 5.08. The number of carbonyl (C=O) groups excluding carboxylic acids is 3. The number of ether oxygens (including phenoxy) is 3. The lowest BCUT2D eigenvalue weighted by Gasteiger charge is -2.07. The number of anilines is 1. The highest BCUT2D eigenvalue weighted by Gasteiger charge is 2.29. The van der Waals surface area contributed by atoms with Crippen molar-refractivity contribution in [1.29, 1.82) is 0 Å². The molecule has 0 aliphatic heterocycles. The van der Waals surface area contributed by atoms with E-state index in [2.05, 4.69) is 15.3 Å². The molecule has 3 aromatic rings. The van der Waals surface area contributed by atoms with E-state index in [0.29, 0.717) is 33.7 Å². The Bertz CT molecular complexity index is 1360. The fourth-order valence-electron chi connectivity index (χ4n) is 3.47. The van der Waals surface area contributed by atoms with E-state index in [-0.39, 0.29) is 45.7 Å². The van der Waals surface area contributed by atoms with Crippen molar-refractivity contribution in [3.8, 4) is 0 Å². The first-order valence-electron chi connectivity index (χ1n) is 11.0. The van der Waals surface area contributed by atoms with Crippen LogP contribution in [0.3, 0.4) is 0 Å². The Labute approximate surface area is 215 Å². The van der Waals surface area contributed by atoms with E-state index in [9.17, 15) is 19.2 Å². The molecule has 1 amide bonds. The number of nitrogens with zero attached hydrogens (tertiary/aromatic N) is 2. The van der Waals surface area contributed by atoms with Gasteiger partial charge in [-0.3, -0.25) is 9.59 Å². The van der Waals surface area contributed by atoms with Crippen LogP contribution in [0, 0.1) is 13.8 Å². The zero-order chi connectivity index (χ0) is 26.6. The molecule has 3 aromatic heterocycles. The largest absolute Gasteiger partial charge is 0.462 e. The van der Waals surface area contributed by atoms with E-state index < -0.39 is 17.8 Å². The quantitative estimate of drug-likeness (QED) is 0.296. The number of fused-ring (bicyclic) bond motifs is 1.